The number of phenols is 1. The van der Waals surface area contributed by atoms with Crippen molar-refractivity contribution in [1.82, 2.24) is 0 Å². The molecule has 1 aliphatic carbocycles. The molecule has 1 aromatic carbocycles. The molecule has 24 heavy (non-hydrogen) atoms. The Morgan fingerprint density at radius 3 is 2.42 bits per heavy atom. The topological polar surface area (TPSA) is 105 Å². The Bertz CT molecular complexity index is 645. The lowest BCUT2D eigenvalue weighted by Gasteiger charge is -2.25. The third kappa shape index (κ3) is 3.79. The highest BCUT2D eigenvalue weighted by atomic mass is 16.6. The Morgan fingerprint density at radius 1 is 1.29 bits per heavy atom. The fraction of sp³-hybridized carbons (Fsp3) is 0.529. The highest BCUT2D eigenvalue weighted by Gasteiger charge is 2.55. The summed E-state index contributed by atoms with van der Waals surface area (Å²) in [5.74, 6) is -0.776. The molecular formula is C17H23NO6. The maximum Gasteiger partial charge on any atom is 0.412 e. The van der Waals surface area contributed by atoms with Gasteiger partial charge in [0, 0.05) is 11.1 Å². The summed E-state index contributed by atoms with van der Waals surface area (Å²) < 4.78 is 9.84. The van der Waals surface area contributed by atoms with Gasteiger partial charge in [-0.05, 0) is 57.4 Å². The molecule has 0 bridgehead atoms. The number of nitrogens with one attached hydrogen (secondary N) is 1. The van der Waals surface area contributed by atoms with Gasteiger partial charge in [-0.25, -0.2) is 9.59 Å². The van der Waals surface area contributed by atoms with Crippen LogP contribution in [-0.4, -0.2) is 41.1 Å². The standard InChI is InChI=1S/C17H23NO6/c1-16(2,3)24-15(22)18-12-6-5-10(19)9-11(12)17(7-8-17)13(20)14(21)23-4/h5-6,9,13,19-20H,7-8H2,1-4H3,(H,18,22). The second kappa shape index (κ2) is 6.32. The van der Waals surface area contributed by atoms with E-state index in [0.717, 1.165) is 0 Å². The van der Waals surface area contributed by atoms with Gasteiger partial charge in [-0.2, -0.15) is 0 Å². The van der Waals surface area contributed by atoms with Gasteiger partial charge in [-0.15, -0.1) is 0 Å². The lowest BCUT2D eigenvalue weighted by atomic mass is 9.88. The fourth-order valence-corrected chi connectivity index (χ4v) is 2.63. The quantitative estimate of drug-likeness (QED) is 0.575. The third-order valence-electron chi connectivity index (χ3n) is 3.91. The van der Waals surface area contributed by atoms with E-state index < -0.39 is 29.2 Å². The second-order valence-electron chi connectivity index (χ2n) is 6.94. The molecule has 132 valence electrons. The molecule has 0 spiro atoms. The normalized spacial score (nSPS) is 16.9. The predicted molar refractivity (Wildman–Crippen MR) is 86.9 cm³/mol. The van der Waals surface area contributed by atoms with Crippen LogP contribution in [0.3, 0.4) is 0 Å². The average Bonchev–Trinajstić information content (AvgIpc) is 3.27. The van der Waals surface area contributed by atoms with E-state index in [-0.39, 0.29) is 5.75 Å². The van der Waals surface area contributed by atoms with Crippen molar-refractivity contribution >= 4 is 17.7 Å². The molecule has 1 fully saturated rings. The van der Waals surface area contributed by atoms with Crippen LogP contribution in [0.5, 0.6) is 5.75 Å². The van der Waals surface area contributed by atoms with Gasteiger partial charge >= 0.3 is 12.1 Å². The van der Waals surface area contributed by atoms with E-state index in [2.05, 4.69) is 10.1 Å². The third-order valence-corrected chi connectivity index (χ3v) is 3.91. The number of aliphatic hydroxyl groups is 1. The van der Waals surface area contributed by atoms with Crippen LogP contribution in [0.15, 0.2) is 18.2 Å². The van der Waals surface area contributed by atoms with E-state index in [0.29, 0.717) is 24.1 Å². The van der Waals surface area contributed by atoms with E-state index in [1.54, 1.807) is 20.8 Å². The predicted octanol–water partition coefficient (Wildman–Crippen LogP) is 2.30. The smallest absolute Gasteiger partial charge is 0.412 e. The molecule has 2 rings (SSSR count). The van der Waals surface area contributed by atoms with E-state index in [1.165, 1.54) is 25.3 Å². The SMILES string of the molecule is COC(=O)C(O)C1(c2cc(O)ccc2NC(=O)OC(C)(C)C)CC1. The van der Waals surface area contributed by atoms with Crippen LogP contribution in [0.4, 0.5) is 10.5 Å². The average molecular weight is 337 g/mol. The number of anilines is 1. The number of benzene rings is 1. The van der Waals surface area contributed by atoms with Crippen molar-refractivity contribution in [3.8, 4) is 5.75 Å². The number of aliphatic hydroxyl groups excluding tert-OH is 1. The number of hydrogen-bond acceptors (Lipinski definition) is 6. The number of phenolic OH excluding ortho intramolecular Hbond substituents is 1. The number of aromatic hydroxyl groups is 1. The number of esters is 1. The van der Waals surface area contributed by atoms with Crippen LogP contribution in [0, 0.1) is 0 Å². The van der Waals surface area contributed by atoms with Gasteiger partial charge in [0.1, 0.15) is 11.4 Å². The van der Waals surface area contributed by atoms with Gasteiger partial charge in [0.05, 0.1) is 7.11 Å². The van der Waals surface area contributed by atoms with E-state index in [1.807, 2.05) is 0 Å². The number of rotatable bonds is 4. The summed E-state index contributed by atoms with van der Waals surface area (Å²) in [5.41, 5.74) is -0.686. The number of hydrogen-bond donors (Lipinski definition) is 3. The molecule has 1 aromatic rings. The minimum absolute atomic E-state index is 0.0249. The minimum atomic E-state index is -1.37. The molecule has 0 aromatic heterocycles. The van der Waals surface area contributed by atoms with Crippen LogP contribution < -0.4 is 5.32 Å². The van der Waals surface area contributed by atoms with Gasteiger partial charge in [0.15, 0.2) is 6.10 Å². The number of carbonyl (C=O) groups is 2. The number of carbonyl (C=O) groups excluding carboxylic acids is 2. The summed E-state index contributed by atoms with van der Waals surface area (Å²) >= 11 is 0. The number of amides is 1. The fourth-order valence-electron chi connectivity index (χ4n) is 2.63. The lowest BCUT2D eigenvalue weighted by molar-refractivity contribution is -0.152. The molecule has 3 N–H and O–H groups in total. The molecule has 1 unspecified atom stereocenters. The highest BCUT2D eigenvalue weighted by molar-refractivity contribution is 5.87. The van der Waals surface area contributed by atoms with Crippen molar-refractivity contribution in [2.75, 3.05) is 12.4 Å². The largest absolute Gasteiger partial charge is 0.508 e. The summed E-state index contributed by atoms with van der Waals surface area (Å²) in [5, 5.41) is 22.7. The first-order chi connectivity index (χ1) is 11.1. The summed E-state index contributed by atoms with van der Waals surface area (Å²) in [6.45, 7) is 5.23. The Kier molecular flexibility index (Phi) is 4.75. The van der Waals surface area contributed by atoms with Crippen molar-refractivity contribution < 1.29 is 29.3 Å². The summed E-state index contributed by atoms with van der Waals surface area (Å²) in [4.78, 5) is 23.8. The molecular weight excluding hydrogens is 314 g/mol. The Hall–Kier alpha value is -2.28. The summed E-state index contributed by atoms with van der Waals surface area (Å²) in [6, 6.07) is 4.36. The van der Waals surface area contributed by atoms with Crippen LogP contribution in [-0.2, 0) is 19.7 Å². The molecule has 0 saturated heterocycles. The molecule has 0 heterocycles. The van der Waals surface area contributed by atoms with E-state index in [9.17, 15) is 19.8 Å². The highest BCUT2D eigenvalue weighted by Crippen LogP contribution is 2.54. The molecule has 7 heteroatoms. The summed E-state index contributed by atoms with van der Waals surface area (Å²) in [6.07, 6.45) is -0.952. The Morgan fingerprint density at radius 2 is 1.92 bits per heavy atom. The zero-order chi connectivity index (χ0) is 18.1. The van der Waals surface area contributed by atoms with Crippen molar-refractivity contribution in [2.24, 2.45) is 0 Å². The van der Waals surface area contributed by atoms with Crippen LogP contribution in [0.2, 0.25) is 0 Å². The van der Waals surface area contributed by atoms with Crippen molar-refractivity contribution in [2.45, 2.75) is 50.7 Å². The molecule has 1 atom stereocenters. The van der Waals surface area contributed by atoms with Crippen molar-refractivity contribution in [3.63, 3.8) is 0 Å². The Balaban J connectivity index is 2.32. The lowest BCUT2D eigenvalue weighted by Crippen LogP contribution is -2.36. The molecule has 0 aliphatic heterocycles. The van der Waals surface area contributed by atoms with Crippen molar-refractivity contribution in [1.29, 1.82) is 0 Å². The number of methoxy groups -OCH3 is 1. The first-order valence-corrected chi connectivity index (χ1v) is 7.68. The maximum atomic E-state index is 12.0. The number of ether oxygens (including phenoxy) is 2. The second-order valence-corrected chi connectivity index (χ2v) is 6.94. The van der Waals surface area contributed by atoms with Crippen LogP contribution in [0.1, 0.15) is 39.2 Å². The maximum absolute atomic E-state index is 12.0. The first kappa shape index (κ1) is 18.1. The van der Waals surface area contributed by atoms with Gasteiger partial charge in [-0.1, -0.05) is 0 Å². The van der Waals surface area contributed by atoms with E-state index in [4.69, 9.17) is 4.74 Å². The molecule has 1 aliphatic rings. The molecule has 1 amide bonds. The van der Waals surface area contributed by atoms with Gasteiger partial charge in [0.2, 0.25) is 0 Å². The zero-order valence-electron chi connectivity index (χ0n) is 14.3. The van der Waals surface area contributed by atoms with Gasteiger partial charge in [-0.3, -0.25) is 5.32 Å². The first-order valence-electron chi connectivity index (χ1n) is 7.68. The summed E-state index contributed by atoms with van der Waals surface area (Å²) in [7, 11) is 1.20. The molecule has 0 radical (unpaired) electrons. The van der Waals surface area contributed by atoms with Gasteiger partial charge in [0.25, 0.3) is 0 Å². The van der Waals surface area contributed by atoms with Crippen LogP contribution >= 0.6 is 0 Å². The van der Waals surface area contributed by atoms with Gasteiger partial charge < -0.3 is 19.7 Å². The molecule has 1 saturated carbocycles. The van der Waals surface area contributed by atoms with E-state index >= 15 is 0 Å². The van der Waals surface area contributed by atoms with Crippen molar-refractivity contribution in [3.05, 3.63) is 23.8 Å². The Labute approximate surface area is 140 Å². The zero-order valence-corrected chi connectivity index (χ0v) is 14.3. The minimum Gasteiger partial charge on any atom is -0.508 e. The van der Waals surface area contributed by atoms with Crippen LogP contribution in [0.25, 0.3) is 0 Å². The monoisotopic (exact) mass is 337 g/mol. The molecule has 7 nitrogen and oxygen atoms in total.